The molecule has 0 radical (unpaired) electrons. The molecule has 2 N–H and O–H groups in total. The zero-order valence-corrected chi connectivity index (χ0v) is 13.0. The zero-order chi connectivity index (χ0) is 14.3. The molecule has 1 aromatic rings. The van der Waals surface area contributed by atoms with Gasteiger partial charge in [0.25, 0.3) is 0 Å². The monoisotopic (exact) mass is 328 g/mol. The van der Waals surface area contributed by atoms with Gasteiger partial charge in [-0.3, -0.25) is 4.79 Å². The molecule has 0 aliphatic carbocycles. The molecule has 0 aliphatic rings. The van der Waals surface area contributed by atoms with Gasteiger partial charge in [0.2, 0.25) is 5.91 Å². The minimum absolute atomic E-state index is 0.0297. The lowest BCUT2D eigenvalue weighted by molar-refractivity contribution is -0.115. The van der Waals surface area contributed by atoms with Crippen LogP contribution < -0.4 is 10.2 Å². The van der Waals surface area contributed by atoms with Gasteiger partial charge in [0.15, 0.2) is 0 Å². The molecule has 1 atom stereocenters. The number of carbonyl (C=O) groups is 1. The van der Waals surface area contributed by atoms with Gasteiger partial charge in [0.1, 0.15) is 0 Å². The van der Waals surface area contributed by atoms with E-state index in [0.717, 1.165) is 24.3 Å². The Balaban J connectivity index is 2.68. The lowest BCUT2D eigenvalue weighted by Gasteiger charge is -2.22. The molecule has 0 saturated carbocycles. The molecule has 4 nitrogen and oxygen atoms in total. The van der Waals surface area contributed by atoms with Crippen molar-refractivity contribution >= 4 is 33.2 Å². The van der Waals surface area contributed by atoms with E-state index in [1.807, 2.05) is 38.1 Å². The molecule has 1 rings (SSSR count). The fourth-order valence-corrected chi connectivity index (χ4v) is 1.87. The average molecular weight is 329 g/mol. The fourth-order valence-electron chi connectivity index (χ4n) is 1.75. The van der Waals surface area contributed by atoms with Crippen LogP contribution in [-0.4, -0.2) is 35.5 Å². The largest absolute Gasteiger partial charge is 0.395 e. The van der Waals surface area contributed by atoms with Crippen LogP contribution in [0.1, 0.15) is 20.3 Å². The number of aliphatic hydroxyl groups excluding tert-OH is 1. The minimum atomic E-state index is -0.159. The number of amides is 1. The number of hydrogen-bond donors (Lipinski definition) is 2. The maximum absolute atomic E-state index is 11.7. The summed E-state index contributed by atoms with van der Waals surface area (Å²) < 4.78 is 0. The topological polar surface area (TPSA) is 52.6 Å². The van der Waals surface area contributed by atoms with Gasteiger partial charge < -0.3 is 15.3 Å². The van der Waals surface area contributed by atoms with E-state index >= 15 is 0 Å². The van der Waals surface area contributed by atoms with Gasteiger partial charge in [-0.2, -0.15) is 0 Å². The van der Waals surface area contributed by atoms with Gasteiger partial charge in [-0.25, -0.2) is 0 Å². The van der Waals surface area contributed by atoms with Crippen molar-refractivity contribution in [2.45, 2.75) is 25.1 Å². The van der Waals surface area contributed by atoms with Crippen LogP contribution in [0.5, 0.6) is 0 Å². The van der Waals surface area contributed by atoms with E-state index in [1.165, 1.54) is 0 Å². The first-order chi connectivity index (χ1) is 9.12. The number of nitrogens with one attached hydrogen (secondary N) is 1. The molecule has 0 aliphatic heterocycles. The van der Waals surface area contributed by atoms with Crippen LogP contribution in [0, 0.1) is 0 Å². The molecule has 19 heavy (non-hydrogen) atoms. The third kappa shape index (κ3) is 4.84. The number of aliphatic hydroxyl groups is 1. The Labute approximate surface area is 122 Å². The van der Waals surface area contributed by atoms with Gasteiger partial charge in [0.05, 0.1) is 11.4 Å². The summed E-state index contributed by atoms with van der Waals surface area (Å²) in [5.74, 6) is -0.0297. The molecule has 5 heteroatoms. The quantitative estimate of drug-likeness (QED) is 0.756. The number of likely N-dealkylation sites (N-methyl/N-ethyl adjacent to an activating group) is 1. The van der Waals surface area contributed by atoms with Crippen LogP contribution in [0.15, 0.2) is 24.3 Å². The molecule has 1 unspecified atom stereocenters. The predicted octanol–water partition coefficient (Wildman–Crippen LogP) is 2.62. The molecule has 0 fully saturated rings. The summed E-state index contributed by atoms with van der Waals surface area (Å²) in [4.78, 5) is 13.6. The predicted molar refractivity (Wildman–Crippen MR) is 83.1 cm³/mol. The Morgan fingerprint density at radius 2 is 2.00 bits per heavy atom. The van der Waals surface area contributed by atoms with Crippen molar-refractivity contribution in [3.63, 3.8) is 0 Å². The van der Waals surface area contributed by atoms with Crippen molar-refractivity contribution in [2.24, 2.45) is 0 Å². The Morgan fingerprint density at radius 3 is 2.47 bits per heavy atom. The SMILES string of the molecule is CCC(Br)C(=O)Nc1ccc(N(CC)CCO)cc1. The first-order valence-electron chi connectivity index (χ1n) is 6.53. The van der Waals surface area contributed by atoms with Gasteiger partial charge in [-0.15, -0.1) is 0 Å². The molecule has 0 aromatic heterocycles. The van der Waals surface area contributed by atoms with E-state index < -0.39 is 0 Å². The number of hydrogen-bond acceptors (Lipinski definition) is 3. The Bertz CT molecular complexity index is 395. The fraction of sp³-hybridized carbons (Fsp3) is 0.500. The molecule has 1 amide bonds. The van der Waals surface area contributed by atoms with E-state index in [1.54, 1.807) is 0 Å². The molecule has 0 saturated heterocycles. The second-order valence-corrected chi connectivity index (χ2v) is 5.32. The average Bonchev–Trinajstić information content (AvgIpc) is 2.44. The molecule has 0 heterocycles. The van der Waals surface area contributed by atoms with Crippen LogP contribution in [0.2, 0.25) is 0 Å². The van der Waals surface area contributed by atoms with Crippen molar-refractivity contribution < 1.29 is 9.90 Å². The van der Waals surface area contributed by atoms with Crippen LogP contribution in [-0.2, 0) is 4.79 Å². The minimum Gasteiger partial charge on any atom is -0.395 e. The third-order valence-electron chi connectivity index (χ3n) is 2.89. The van der Waals surface area contributed by atoms with Crippen molar-refractivity contribution in [2.75, 3.05) is 29.9 Å². The summed E-state index contributed by atoms with van der Waals surface area (Å²) in [5.41, 5.74) is 1.83. The third-order valence-corrected chi connectivity index (χ3v) is 3.96. The van der Waals surface area contributed by atoms with E-state index in [0.29, 0.717) is 6.54 Å². The molecular weight excluding hydrogens is 308 g/mol. The number of nitrogens with zero attached hydrogens (tertiary/aromatic N) is 1. The Hall–Kier alpha value is -1.07. The van der Waals surface area contributed by atoms with Crippen LogP contribution in [0.25, 0.3) is 0 Å². The van der Waals surface area contributed by atoms with E-state index in [-0.39, 0.29) is 17.3 Å². The Morgan fingerprint density at radius 1 is 1.37 bits per heavy atom. The van der Waals surface area contributed by atoms with Gasteiger partial charge in [-0.05, 0) is 37.6 Å². The second-order valence-electron chi connectivity index (χ2n) is 4.22. The smallest absolute Gasteiger partial charge is 0.238 e. The first kappa shape index (κ1) is 16.0. The maximum atomic E-state index is 11.7. The van der Waals surface area contributed by atoms with Crippen molar-refractivity contribution in [1.29, 1.82) is 0 Å². The molecule has 106 valence electrons. The van der Waals surface area contributed by atoms with Crippen LogP contribution in [0.3, 0.4) is 0 Å². The highest BCUT2D eigenvalue weighted by Gasteiger charge is 2.12. The van der Waals surface area contributed by atoms with Gasteiger partial charge >= 0.3 is 0 Å². The molecule has 0 bridgehead atoms. The van der Waals surface area contributed by atoms with Gasteiger partial charge in [-0.1, -0.05) is 22.9 Å². The standard InChI is InChI=1S/C14H21BrN2O2/c1-3-13(15)14(19)16-11-5-7-12(8-6-11)17(4-2)9-10-18/h5-8,13,18H,3-4,9-10H2,1-2H3,(H,16,19). The number of rotatable bonds is 7. The highest BCUT2D eigenvalue weighted by Crippen LogP contribution is 2.18. The summed E-state index contributed by atoms with van der Waals surface area (Å²) in [6, 6.07) is 7.65. The molecule has 1 aromatic carbocycles. The van der Waals surface area contributed by atoms with Crippen LogP contribution in [0.4, 0.5) is 11.4 Å². The second kappa shape index (κ2) is 8.17. The summed E-state index contributed by atoms with van der Waals surface area (Å²) in [7, 11) is 0. The van der Waals surface area contributed by atoms with Crippen molar-refractivity contribution in [3.05, 3.63) is 24.3 Å². The van der Waals surface area contributed by atoms with Crippen molar-refractivity contribution in [1.82, 2.24) is 0 Å². The summed E-state index contributed by atoms with van der Waals surface area (Å²) in [6.07, 6.45) is 0.754. The number of alkyl halides is 1. The molecular formula is C14H21BrN2O2. The zero-order valence-electron chi connectivity index (χ0n) is 11.4. The van der Waals surface area contributed by atoms with E-state index in [9.17, 15) is 4.79 Å². The Kier molecular flexibility index (Phi) is 6.87. The lowest BCUT2D eigenvalue weighted by Crippen LogP contribution is -2.26. The van der Waals surface area contributed by atoms with Gasteiger partial charge in [0, 0.05) is 24.5 Å². The summed E-state index contributed by atoms with van der Waals surface area (Å²) in [6.45, 7) is 5.58. The highest BCUT2D eigenvalue weighted by molar-refractivity contribution is 9.10. The first-order valence-corrected chi connectivity index (χ1v) is 7.44. The molecule has 0 spiro atoms. The summed E-state index contributed by atoms with van der Waals surface area (Å²) in [5, 5.41) is 11.8. The number of anilines is 2. The highest BCUT2D eigenvalue weighted by atomic mass is 79.9. The number of carbonyl (C=O) groups excluding carboxylic acids is 1. The van der Waals surface area contributed by atoms with Crippen LogP contribution >= 0.6 is 15.9 Å². The number of halogens is 1. The normalized spacial score (nSPS) is 12.0. The maximum Gasteiger partial charge on any atom is 0.238 e. The lowest BCUT2D eigenvalue weighted by atomic mass is 10.2. The van der Waals surface area contributed by atoms with E-state index in [2.05, 4.69) is 26.1 Å². The van der Waals surface area contributed by atoms with Crippen molar-refractivity contribution in [3.8, 4) is 0 Å². The summed E-state index contributed by atoms with van der Waals surface area (Å²) >= 11 is 3.32. The van der Waals surface area contributed by atoms with E-state index in [4.69, 9.17) is 5.11 Å². The number of benzene rings is 1.